The second kappa shape index (κ2) is 20.5. The summed E-state index contributed by atoms with van der Waals surface area (Å²) in [6.45, 7) is 4.48. The van der Waals surface area contributed by atoms with Gasteiger partial charge in [0, 0.05) is 6.54 Å². The normalized spacial score (nSPS) is 18.7. The van der Waals surface area contributed by atoms with Gasteiger partial charge in [0.1, 0.15) is 36.3 Å². The molecule has 0 spiro atoms. The van der Waals surface area contributed by atoms with Gasteiger partial charge in [-0.25, -0.2) is 4.79 Å². The zero-order valence-electron chi connectivity index (χ0n) is 26.6. The molecule has 1 aliphatic heterocycles. The van der Waals surface area contributed by atoms with Crippen LogP contribution in [0.3, 0.4) is 0 Å². The summed E-state index contributed by atoms with van der Waals surface area (Å²) in [6, 6.07) is -6.94. The lowest BCUT2D eigenvalue weighted by Crippen LogP contribution is -2.60. The molecular weight excluding hydrogens is 628 g/mol. The third-order valence-corrected chi connectivity index (χ3v) is 8.51. The average Bonchev–Trinajstić information content (AvgIpc) is 3.48. The van der Waals surface area contributed by atoms with E-state index in [1.54, 1.807) is 13.8 Å². The van der Waals surface area contributed by atoms with E-state index < -0.39 is 84.5 Å². The molecule has 0 radical (unpaired) electrons. The molecule has 0 unspecified atom stereocenters. The van der Waals surface area contributed by atoms with Gasteiger partial charge in [-0.05, 0) is 69.0 Å². The van der Waals surface area contributed by atoms with Crippen molar-refractivity contribution in [1.29, 1.82) is 0 Å². The maximum absolute atomic E-state index is 13.8. The fraction of sp³-hybridized carbons (Fsp3) is 0.786. The molecule has 0 aromatic rings. The van der Waals surface area contributed by atoms with E-state index in [0.717, 1.165) is 0 Å². The molecule has 1 rings (SSSR count). The van der Waals surface area contributed by atoms with Gasteiger partial charge in [-0.3, -0.25) is 24.0 Å². The minimum absolute atomic E-state index is 0.0428. The summed E-state index contributed by atoms with van der Waals surface area (Å²) >= 11 is 2.91. The molecule has 17 heteroatoms. The number of nitrogens with zero attached hydrogens (tertiary/aromatic N) is 1. The van der Waals surface area contributed by atoms with E-state index in [1.165, 1.54) is 35.3 Å². The number of carboxylic acids is 1. The highest BCUT2D eigenvalue weighted by molar-refractivity contribution is 7.98. The average molecular weight is 679 g/mol. The Balaban J connectivity index is 3.12. The second-order valence-electron chi connectivity index (χ2n) is 11.4. The van der Waals surface area contributed by atoms with E-state index in [9.17, 15) is 44.1 Å². The summed E-state index contributed by atoms with van der Waals surface area (Å²) in [4.78, 5) is 78.7. The Kier molecular flexibility index (Phi) is 18.4. The number of carbonyl (C=O) groups is 6. The summed E-state index contributed by atoms with van der Waals surface area (Å²) in [5.41, 5.74) is 5.60. The number of carbonyl (C=O) groups excluding carboxylic acids is 5. The van der Waals surface area contributed by atoms with Gasteiger partial charge in [-0.15, -0.1) is 0 Å². The molecule has 5 amide bonds. The van der Waals surface area contributed by atoms with E-state index in [-0.39, 0.29) is 38.1 Å². The molecule has 1 fully saturated rings. The van der Waals surface area contributed by atoms with Crippen molar-refractivity contribution >= 4 is 59.0 Å². The summed E-state index contributed by atoms with van der Waals surface area (Å²) < 4.78 is 0. The molecule has 1 heterocycles. The second-order valence-corrected chi connectivity index (χ2v) is 13.4. The summed E-state index contributed by atoms with van der Waals surface area (Å²) in [7, 11) is 0. The lowest BCUT2D eigenvalue weighted by molar-refractivity contribution is -0.144. The molecule has 0 bridgehead atoms. The molecule has 258 valence electrons. The largest absolute Gasteiger partial charge is 0.480 e. The highest BCUT2D eigenvalue weighted by Gasteiger charge is 2.40. The predicted molar refractivity (Wildman–Crippen MR) is 172 cm³/mol. The van der Waals surface area contributed by atoms with Gasteiger partial charge in [-0.2, -0.15) is 23.5 Å². The number of nitrogens with one attached hydrogen (secondary N) is 4. The van der Waals surface area contributed by atoms with E-state index in [4.69, 9.17) is 5.73 Å². The van der Waals surface area contributed by atoms with Crippen LogP contribution in [0.25, 0.3) is 0 Å². The van der Waals surface area contributed by atoms with Crippen LogP contribution in [0, 0.1) is 5.92 Å². The van der Waals surface area contributed by atoms with Crippen molar-refractivity contribution in [2.75, 3.05) is 37.2 Å². The van der Waals surface area contributed by atoms with Crippen LogP contribution in [-0.4, -0.2) is 135 Å². The number of aliphatic hydroxyl groups is 2. The zero-order valence-corrected chi connectivity index (χ0v) is 28.2. The number of nitrogens with two attached hydrogens (primary N) is 1. The summed E-state index contributed by atoms with van der Waals surface area (Å²) in [5.74, 6) is -3.67. The first kappa shape index (κ1) is 40.4. The van der Waals surface area contributed by atoms with Crippen molar-refractivity contribution in [3.63, 3.8) is 0 Å². The van der Waals surface area contributed by atoms with Gasteiger partial charge >= 0.3 is 5.97 Å². The number of likely N-dealkylation sites (tertiary alicyclic amines) is 1. The van der Waals surface area contributed by atoms with Crippen LogP contribution in [0.5, 0.6) is 0 Å². The van der Waals surface area contributed by atoms with Gasteiger partial charge in [-0.1, -0.05) is 13.8 Å². The number of aliphatic hydroxyl groups excluding tert-OH is 2. The first-order valence-electron chi connectivity index (χ1n) is 14.9. The van der Waals surface area contributed by atoms with Gasteiger partial charge < -0.3 is 47.2 Å². The number of aliphatic carboxylic acids is 1. The predicted octanol–water partition coefficient (Wildman–Crippen LogP) is -1.75. The Morgan fingerprint density at radius 2 is 1.42 bits per heavy atom. The molecule has 15 nitrogen and oxygen atoms in total. The number of hydrogen-bond acceptors (Lipinski definition) is 11. The minimum atomic E-state index is -1.47. The Labute approximate surface area is 272 Å². The molecule has 1 saturated heterocycles. The summed E-state index contributed by atoms with van der Waals surface area (Å²) in [5, 5.41) is 39.1. The molecule has 0 aromatic carbocycles. The molecule has 0 aromatic heterocycles. The fourth-order valence-corrected chi connectivity index (χ4v) is 5.69. The Morgan fingerprint density at radius 1 is 0.867 bits per heavy atom. The van der Waals surface area contributed by atoms with E-state index in [0.29, 0.717) is 17.9 Å². The van der Waals surface area contributed by atoms with Crippen LogP contribution >= 0.6 is 23.5 Å². The monoisotopic (exact) mass is 678 g/mol. The maximum Gasteiger partial charge on any atom is 0.326 e. The van der Waals surface area contributed by atoms with E-state index in [1.807, 2.05) is 12.5 Å². The number of amides is 5. The summed E-state index contributed by atoms with van der Waals surface area (Å²) in [6.07, 6.45) is 3.68. The quantitative estimate of drug-likeness (QED) is 0.0716. The van der Waals surface area contributed by atoms with Crippen LogP contribution in [0.15, 0.2) is 0 Å². The number of rotatable bonds is 20. The van der Waals surface area contributed by atoms with Gasteiger partial charge in [0.05, 0.1) is 12.7 Å². The number of thioether (sulfide) groups is 2. The Bertz CT molecular complexity index is 1020. The molecule has 45 heavy (non-hydrogen) atoms. The third kappa shape index (κ3) is 13.3. The van der Waals surface area contributed by atoms with Crippen LogP contribution in [0.1, 0.15) is 52.9 Å². The fourth-order valence-electron chi connectivity index (χ4n) is 4.74. The van der Waals surface area contributed by atoms with Gasteiger partial charge in [0.25, 0.3) is 0 Å². The number of carboxylic acid groups (broad SMARTS) is 1. The highest BCUT2D eigenvalue weighted by Crippen LogP contribution is 2.20. The standard InChI is InChI=1S/C28H50N6O9S2/c1-15(2)13-20(28(42)43)32-26(40)22(16(3)36)33-25(39)21-7-6-10-34(21)27(41)19(9-12-45-5)31-24(38)18(8-11-44-4)30-23(37)17(29)14-35/h15-22,35-36H,6-14,29H2,1-5H3,(H,30,37)(H,31,38)(H,32,40)(H,33,39)(H,42,43)/t16-,17+,18+,19+,20+,21+,22+/m1/s1. The Hall–Kier alpha value is -2.60. The molecule has 0 saturated carbocycles. The van der Waals surface area contributed by atoms with Crippen LogP contribution in [-0.2, 0) is 28.8 Å². The lowest BCUT2D eigenvalue weighted by Gasteiger charge is -2.31. The van der Waals surface area contributed by atoms with Crippen molar-refractivity contribution in [1.82, 2.24) is 26.2 Å². The third-order valence-electron chi connectivity index (χ3n) is 7.23. The van der Waals surface area contributed by atoms with E-state index in [2.05, 4.69) is 21.3 Å². The SMILES string of the molecule is CSCC[C@H](NC(=O)[C@@H](N)CO)C(=O)N[C@@H](CCSC)C(=O)N1CCC[C@H]1C(=O)N[C@H](C(=O)N[C@@H](CC(C)C)C(=O)O)[C@@H](C)O. The first-order valence-corrected chi connectivity index (χ1v) is 17.7. The topological polar surface area (TPSA) is 240 Å². The van der Waals surface area contributed by atoms with Crippen LogP contribution in [0.4, 0.5) is 0 Å². The van der Waals surface area contributed by atoms with Crippen molar-refractivity contribution in [3.8, 4) is 0 Å². The zero-order chi connectivity index (χ0) is 34.3. The van der Waals surface area contributed by atoms with Crippen molar-refractivity contribution < 1.29 is 44.1 Å². The molecular formula is C28H50N6O9S2. The molecule has 1 aliphatic rings. The molecule has 9 N–H and O–H groups in total. The Morgan fingerprint density at radius 3 is 1.93 bits per heavy atom. The lowest BCUT2D eigenvalue weighted by atomic mass is 10.0. The van der Waals surface area contributed by atoms with Crippen molar-refractivity contribution in [3.05, 3.63) is 0 Å². The number of hydrogen-bond donors (Lipinski definition) is 8. The minimum Gasteiger partial charge on any atom is -0.480 e. The highest BCUT2D eigenvalue weighted by atomic mass is 32.2. The molecule has 0 aliphatic carbocycles. The van der Waals surface area contributed by atoms with Gasteiger partial charge in [0.2, 0.25) is 29.5 Å². The first-order chi connectivity index (χ1) is 21.2. The van der Waals surface area contributed by atoms with Crippen LogP contribution in [0.2, 0.25) is 0 Å². The van der Waals surface area contributed by atoms with Crippen molar-refractivity contribution in [2.45, 2.75) is 95.2 Å². The molecule has 7 atom stereocenters. The maximum atomic E-state index is 13.8. The van der Waals surface area contributed by atoms with Crippen molar-refractivity contribution in [2.24, 2.45) is 11.7 Å². The van der Waals surface area contributed by atoms with Gasteiger partial charge in [0.15, 0.2) is 0 Å². The smallest absolute Gasteiger partial charge is 0.326 e. The van der Waals surface area contributed by atoms with Crippen LogP contribution < -0.4 is 27.0 Å². The van der Waals surface area contributed by atoms with E-state index >= 15 is 0 Å².